The van der Waals surface area contributed by atoms with Crippen LogP contribution in [0.25, 0.3) is 0 Å². The highest BCUT2D eigenvalue weighted by atomic mass is 16.1. The van der Waals surface area contributed by atoms with E-state index in [1.54, 1.807) is 11.1 Å². The van der Waals surface area contributed by atoms with Crippen LogP contribution in [-0.4, -0.2) is 11.6 Å². The van der Waals surface area contributed by atoms with Gasteiger partial charge in [-0.1, -0.05) is 48.4 Å². The van der Waals surface area contributed by atoms with Crippen LogP contribution in [0.1, 0.15) is 69.8 Å². The monoisotopic (exact) mass is 348 g/mol. The number of allylic oxidation sites excluding steroid dienone is 2. The first-order valence-corrected chi connectivity index (χ1v) is 10.4. The second-order valence-electron chi connectivity index (χ2n) is 9.25. The molecule has 4 aliphatic rings. The van der Waals surface area contributed by atoms with Gasteiger partial charge in [0.15, 0.2) is 0 Å². The van der Waals surface area contributed by atoms with Gasteiger partial charge in [-0.05, 0) is 61.8 Å². The Hall–Kier alpha value is -1.70. The summed E-state index contributed by atoms with van der Waals surface area (Å²) in [4.78, 5) is 25.3. The molecule has 0 heterocycles. The van der Waals surface area contributed by atoms with Gasteiger partial charge >= 0.3 is 0 Å². The zero-order chi connectivity index (χ0) is 17.9. The highest BCUT2D eigenvalue weighted by molar-refractivity contribution is 5.88. The smallest absolute Gasteiger partial charge is 0.141 e. The average Bonchev–Trinajstić information content (AvgIpc) is 2.96. The molecule has 26 heavy (non-hydrogen) atoms. The van der Waals surface area contributed by atoms with Crippen molar-refractivity contribution in [3.05, 3.63) is 47.0 Å². The topological polar surface area (TPSA) is 34.1 Å². The number of carbonyl (C=O) groups excluding carboxylic acids is 2. The maximum atomic E-state index is 12.8. The molecule has 0 spiro atoms. The Labute approximate surface area is 156 Å². The van der Waals surface area contributed by atoms with Crippen LogP contribution in [0.4, 0.5) is 0 Å². The zero-order valence-corrected chi connectivity index (χ0v) is 15.7. The molecule has 3 fully saturated rings. The normalized spacial score (nSPS) is 39.4. The number of fused-ring (bicyclic) bond motifs is 4. The second kappa shape index (κ2) is 5.90. The summed E-state index contributed by atoms with van der Waals surface area (Å²) in [5.74, 6) is 2.63. The van der Waals surface area contributed by atoms with Gasteiger partial charge in [-0.25, -0.2) is 0 Å². The first-order valence-electron chi connectivity index (χ1n) is 10.4. The minimum absolute atomic E-state index is 0.0484. The van der Waals surface area contributed by atoms with E-state index in [1.165, 1.54) is 12.0 Å². The molecular formula is C24H28O2. The summed E-state index contributed by atoms with van der Waals surface area (Å²) in [5, 5.41) is 0. The van der Waals surface area contributed by atoms with E-state index in [1.807, 2.05) is 18.2 Å². The van der Waals surface area contributed by atoms with Gasteiger partial charge in [-0.2, -0.15) is 0 Å². The number of ketones is 2. The SMILES string of the molecule is C[C@]12CCC3=C4CC(c5ccccc5)C(=O)CC4CC[C@H]3[C@@H]1CCC2=O. The second-order valence-corrected chi connectivity index (χ2v) is 9.25. The van der Waals surface area contributed by atoms with Crippen LogP contribution < -0.4 is 0 Å². The summed E-state index contributed by atoms with van der Waals surface area (Å²) < 4.78 is 0. The van der Waals surface area contributed by atoms with Gasteiger partial charge < -0.3 is 0 Å². The molecule has 1 aromatic rings. The predicted octanol–water partition coefficient (Wildman–Crippen LogP) is 5.24. The van der Waals surface area contributed by atoms with Crippen LogP contribution in [0, 0.1) is 23.2 Å². The van der Waals surface area contributed by atoms with Crippen LogP contribution >= 0.6 is 0 Å². The Kier molecular flexibility index (Phi) is 3.74. The highest BCUT2D eigenvalue weighted by Crippen LogP contribution is 2.59. The molecule has 0 aromatic heterocycles. The number of Topliss-reactive ketones (excluding diaryl/α,β-unsaturated/α-hetero) is 2. The van der Waals surface area contributed by atoms with E-state index in [2.05, 4.69) is 19.1 Å². The molecule has 2 nitrogen and oxygen atoms in total. The third-order valence-electron chi connectivity index (χ3n) is 8.18. The van der Waals surface area contributed by atoms with Gasteiger partial charge in [0.1, 0.15) is 11.6 Å². The van der Waals surface area contributed by atoms with Crippen LogP contribution in [0.5, 0.6) is 0 Å². The van der Waals surface area contributed by atoms with Crippen LogP contribution in [0.2, 0.25) is 0 Å². The maximum Gasteiger partial charge on any atom is 0.141 e. The van der Waals surface area contributed by atoms with Crippen molar-refractivity contribution in [2.75, 3.05) is 0 Å². The quantitative estimate of drug-likeness (QED) is 0.651. The zero-order valence-electron chi connectivity index (χ0n) is 15.7. The van der Waals surface area contributed by atoms with Crippen molar-refractivity contribution in [1.82, 2.24) is 0 Å². The van der Waals surface area contributed by atoms with E-state index in [9.17, 15) is 9.59 Å². The van der Waals surface area contributed by atoms with E-state index in [0.29, 0.717) is 29.3 Å². The number of benzene rings is 1. The van der Waals surface area contributed by atoms with Gasteiger partial charge in [0.05, 0.1) is 0 Å². The third-order valence-corrected chi connectivity index (χ3v) is 8.18. The molecule has 0 radical (unpaired) electrons. The van der Waals surface area contributed by atoms with Gasteiger partial charge in [0.2, 0.25) is 0 Å². The van der Waals surface area contributed by atoms with E-state index < -0.39 is 0 Å². The number of rotatable bonds is 1. The standard InChI is InChI=1S/C24H28O2/c1-24-12-11-17-18(21(24)9-10-23(24)26)8-7-16-13-22(25)20(14-19(16)17)15-5-3-2-4-6-15/h2-6,16,18,20-21H,7-14H2,1H3/t16?,18-,20?,21+,24+/m1/s1. The van der Waals surface area contributed by atoms with Crippen molar-refractivity contribution < 1.29 is 9.59 Å². The minimum atomic E-state index is -0.0646. The molecule has 0 amide bonds. The predicted molar refractivity (Wildman–Crippen MR) is 102 cm³/mol. The highest BCUT2D eigenvalue weighted by Gasteiger charge is 2.54. The first-order chi connectivity index (χ1) is 12.6. The molecule has 3 saturated carbocycles. The lowest BCUT2D eigenvalue weighted by molar-refractivity contribution is -0.128. The minimum Gasteiger partial charge on any atom is -0.299 e. The van der Waals surface area contributed by atoms with Gasteiger partial charge in [0.25, 0.3) is 0 Å². The Morgan fingerprint density at radius 3 is 2.54 bits per heavy atom. The van der Waals surface area contributed by atoms with Crippen molar-refractivity contribution >= 4 is 11.6 Å². The van der Waals surface area contributed by atoms with Crippen molar-refractivity contribution in [1.29, 1.82) is 0 Å². The fraction of sp³-hybridized carbons (Fsp3) is 0.583. The third kappa shape index (κ3) is 2.30. The summed E-state index contributed by atoms with van der Waals surface area (Å²) in [7, 11) is 0. The molecule has 136 valence electrons. The molecule has 0 aliphatic heterocycles. The van der Waals surface area contributed by atoms with E-state index >= 15 is 0 Å². The van der Waals surface area contributed by atoms with E-state index in [0.717, 1.165) is 44.9 Å². The van der Waals surface area contributed by atoms with Crippen molar-refractivity contribution in [3.63, 3.8) is 0 Å². The summed E-state index contributed by atoms with van der Waals surface area (Å²) >= 11 is 0. The molecule has 0 N–H and O–H groups in total. The molecule has 0 saturated heterocycles. The number of hydrogen-bond acceptors (Lipinski definition) is 2. The fourth-order valence-electron chi connectivity index (χ4n) is 6.71. The Morgan fingerprint density at radius 2 is 1.73 bits per heavy atom. The molecule has 1 aromatic carbocycles. The van der Waals surface area contributed by atoms with Crippen molar-refractivity contribution in [3.8, 4) is 0 Å². The van der Waals surface area contributed by atoms with Gasteiger partial charge in [-0.3, -0.25) is 9.59 Å². The molecule has 5 atom stereocenters. The van der Waals surface area contributed by atoms with E-state index in [-0.39, 0.29) is 11.3 Å². The van der Waals surface area contributed by atoms with Gasteiger partial charge in [-0.15, -0.1) is 0 Å². The lowest BCUT2D eigenvalue weighted by atomic mass is 9.55. The first kappa shape index (κ1) is 16.5. The largest absolute Gasteiger partial charge is 0.299 e. The van der Waals surface area contributed by atoms with Gasteiger partial charge in [0, 0.05) is 24.2 Å². The van der Waals surface area contributed by atoms with Crippen molar-refractivity contribution in [2.45, 2.75) is 64.2 Å². The molecule has 0 bridgehead atoms. The summed E-state index contributed by atoms with van der Waals surface area (Å²) in [6.45, 7) is 2.23. The van der Waals surface area contributed by atoms with Crippen LogP contribution in [-0.2, 0) is 9.59 Å². The van der Waals surface area contributed by atoms with Crippen LogP contribution in [0.15, 0.2) is 41.5 Å². The lowest BCUT2D eigenvalue weighted by Gasteiger charge is -2.48. The number of hydrogen-bond donors (Lipinski definition) is 0. The summed E-state index contributed by atoms with van der Waals surface area (Å²) in [6.07, 6.45) is 7.99. The summed E-state index contributed by atoms with van der Waals surface area (Å²) in [6, 6.07) is 10.3. The van der Waals surface area contributed by atoms with Crippen molar-refractivity contribution in [2.24, 2.45) is 23.2 Å². The maximum absolute atomic E-state index is 12.8. The molecule has 2 unspecified atom stereocenters. The Bertz CT molecular complexity index is 790. The number of carbonyl (C=O) groups is 2. The molecular weight excluding hydrogens is 320 g/mol. The van der Waals surface area contributed by atoms with E-state index in [4.69, 9.17) is 0 Å². The van der Waals surface area contributed by atoms with Crippen LogP contribution in [0.3, 0.4) is 0 Å². The average molecular weight is 348 g/mol. The summed E-state index contributed by atoms with van der Waals surface area (Å²) in [5.41, 5.74) is 4.39. The Morgan fingerprint density at radius 1 is 0.923 bits per heavy atom. The molecule has 5 rings (SSSR count). The Balaban J connectivity index is 1.51. The fourth-order valence-corrected chi connectivity index (χ4v) is 6.71. The molecule has 4 aliphatic carbocycles. The lowest BCUT2D eigenvalue weighted by Crippen LogP contribution is -2.42. The molecule has 2 heteroatoms.